The summed E-state index contributed by atoms with van der Waals surface area (Å²) < 4.78 is 6.60. The summed E-state index contributed by atoms with van der Waals surface area (Å²) in [5.41, 5.74) is 3.66. The van der Waals surface area contributed by atoms with Crippen LogP contribution in [0, 0.1) is 13.8 Å². The van der Waals surface area contributed by atoms with Gasteiger partial charge in [-0.15, -0.1) is 0 Å². The standard InChI is InChI=1S/C15H22BrNO/c1-5-6-17-9-14-7-11(2)15(12(3)8-14)18-10-13(4)16/h7-8,17H,4-6,9-10H2,1-3H3. The number of hydrogen-bond acceptors (Lipinski definition) is 2. The van der Waals surface area contributed by atoms with Crippen molar-refractivity contribution in [2.24, 2.45) is 0 Å². The number of hydrogen-bond donors (Lipinski definition) is 1. The molecule has 0 amide bonds. The summed E-state index contributed by atoms with van der Waals surface area (Å²) >= 11 is 3.31. The predicted molar refractivity (Wildman–Crippen MR) is 81.5 cm³/mol. The zero-order valence-corrected chi connectivity index (χ0v) is 13.1. The van der Waals surface area contributed by atoms with Crippen molar-refractivity contribution in [3.8, 4) is 5.75 Å². The molecular formula is C15H22BrNO. The van der Waals surface area contributed by atoms with Crippen molar-refractivity contribution in [1.82, 2.24) is 5.32 Å². The van der Waals surface area contributed by atoms with Crippen LogP contribution in [0.15, 0.2) is 23.2 Å². The maximum atomic E-state index is 5.74. The third-order valence-corrected chi connectivity index (χ3v) is 2.88. The lowest BCUT2D eigenvalue weighted by Crippen LogP contribution is -2.14. The van der Waals surface area contributed by atoms with Crippen LogP contribution in [0.1, 0.15) is 30.0 Å². The van der Waals surface area contributed by atoms with Crippen LogP contribution in [0.3, 0.4) is 0 Å². The smallest absolute Gasteiger partial charge is 0.125 e. The summed E-state index contributed by atoms with van der Waals surface area (Å²) in [6, 6.07) is 4.37. The van der Waals surface area contributed by atoms with Crippen molar-refractivity contribution in [1.29, 1.82) is 0 Å². The van der Waals surface area contributed by atoms with E-state index in [9.17, 15) is 0 Å². The summed E-state index contributed by atoms with van der Waals surface area (Å²) in [7, 11) is 0. The van der Waals surface area contributed by atoms with E-state index in [4.69, 9.17) is 4.74 Å². The number of rotatable bonds is 7. The van der Waals surface area contributed by atoms with E-state index in [0.29, 0.717) is 6.61 Å². The molecule has 0 saturated heterocycles. The Kier molecular flexibility index (Phi) is 6.44. The Morgan fingerprint density at radius 3 is 2.44 bits per heavy atom. The van der Waals surface area contributed by atoms with Gasteiger partial charge in [0.2, 0.25) is 0 Å². The molecule has 0 fully saturated rings. The second-order valence-corrected chi connectivity index (χ2v) is 5.66. The summed E-state index contributed by atoms with van der Waals surface area (Å²) in [6.07, 6.45) is 1.16. The van der Waals surface area contributed by atoms with Gasteiger partial charge in [0, 0.05) is 11.0 Å². The highest BCUT2D eigenvalue weighted by atomic mass is 79.9. The van der Waals surface area contributed by atoms with Gasteiger partial charge >= 0.3 is 0 Å². The molecule has 0 spiro atoms. The SMILES string of the molecule is C=C(Br)COc1c(C)cc(CNCCC)cc1C. The van der Waals surface area contributed by atoms with Gasteiger partial charge in [0.1, 0.15) is 12.4 Å². The van der Waals surface area contributed by atoms with E-state index in [1.54, 1.807) is 0 Å². The molecule has 0 heterocycles. The van der Waals surface area contributed by atoms with Gasteiger partial charge in [0.05, 0.1) is 0 Å². The molecule has 0 unspecified atom stereocenters. The highest BCUT2D eigenvalue weighted by Crippen LogP contribution is 2.25. The van der Waals surface area contributed by atoms with E-state index < -0.39 is 0 Å². The Morgan fingerprint density at radius 2 is 1.94 bits per heavy atom. The van der Waals surface area contributed by atoms with E-state index in [2.05, 4.69) is 60.7 Å². The van der Waals surface area contributed by atoms with Crippen LogP contribution >= 0.6 is 15.9 Å². The van der Waals surface area contributed by atoms with Crippen LogP contribution in [0.2, 0.25) is 0 Å². The molecule has 0 saturated carbocycles. The molecule has 0 radical (unpaired) electrons. The summed E-state index contributed by atoms with van der Waals surface area (Å²) in [5.74, 6) is 0.967. The normalized spacial score (nSPS) is 10.4. The fourth-order valence-corrected chi connectivity index (χ4v) is 2.04. The fourth-order valence-electron chi connectivity index (χ4n) is 1.93. The average molecular weight is 312 g/mol. The molecule has 0 aliphatic rings. The molecule has 2 nitrogen and oxygen atoms in total. The molecule has 3 heteroatoms. The first-order chi connectivity index (χ1) is 8.54. The minimum Gasteiger partial charge on any atom is -0.488 e. The number of benzene rings is 1. The van der Waals surface area contributed by atoms with Crippen LogP contribution in [-0.2, 0) is 6.54 Å². The highest BCUT2D eigenvalue weighted by Gasteiger charge is 2.06. The van der Waals surface area contributed by atoms with E-state index in [1.807, 2.05) is 0 Å². The predicted octanol–water partition coefficient (Wildman–Crippen LogP) is 4.09. The number of halogens is 1. The van der Waals surface area contributed by atoms with Gasteiger partial charge < -0.3 is 10.1 Å². The molecular weight excluding hydrogens is 290 g/mol. The molecule has 100 valence electrons. The van der Waals surface area contributed by atoms with Crippen molar-refractivity contribution < 1.29 is 4.74 Å². The van der Waals surface area contributed by atoms with Crippen molar-refractivity contribution in [3.05, 3.63) is 39.9 Å². The van der Waals surface area contributed by atoms with Crippen LogP contribution in [0.4, 0.5) is 0 Å². The zero-order valence-electron chi connectivity index (χ0n) is 11.5. The third kappa shape index (κ3) is 4.83. The van der Waals surface area contributed by atoms with Gasteiger partial charge in [-0.05, 0) is 43.5 Å². The van der Waals surface area contributed by atoms with Crippen LogP contribution < -0.4 is 10.1 Å². The maximum absolute atomic E-state index is 5.74. The molecule has 0 bridgehead atoms. The van der Waals surface area contributed by atoms with E-state index in [-0.39, 0.29) is 0 Å². The zero-order chi connectivity index (χ0) is 13.5. The quantitative estimate of drug-likeness (QED) is 0.766. The van der Waals surface area contributed by atoms with Gasteiger partial charge in [-0.3, -0.25) is 0 Å². The molecule has 1 N–H and O–H groups in total. The first-order valence-corrected chi connectivity index (χ1v) is 7.10. The van der Waals surface area contributed by atoms with Crippen molar-refractivity contribution in [3.63, 3.8) is 0 Å². The Hall–Kier alpha value is -0.800. The van der Waals surface area contributed by atoms with E-state index >= 15 is 0 Å². The molecule has 0 aliphatic heterocycles. The third-order valence-electron chi connectivity index (χ3n) is 2.65. The van der Waals surface area contributed by atoms with Crippen molar-refractivity contribution in [2.75, 3.05) is 13.2 Å². The lowest BCUT2D eigenvalue weighted by molar-refractivity contribution is 0.355. The van der Waals surface area contributed by atoms with Gasteiger partial charge in [-0.1, -0.05) is 41.6 Å². The average Bonchev–Trinajstić information content (AvgIpc) is 2.28. The topological polar surface area (TPSA) is 21.3 Å². The van der Waals surface area contributed by atoms with Crippen LogP contribution in [0.5, 0.6) is 5.75 Å². The van der Waals surface area contributed by atoms with Gasteiger partial charge in [-0.25, -0.2) is 0 Å². The fraction of sp³-hybridized carbons (Fsp3) is 0.467. The first kappa shape index (κ1) is 15.3. The summed E-state index contributed by atoms with van der Waals surface area (Å²) in [6.45, 7) is 12.6. The van der Waals surface area contributed by atoms with Gasteiger partial charge in [0.15, 0.2) is 0 Å². The molecule has 18 heavy (non-hydrogen) atoms. The second kappa shape index (κ2) is 7.59. The highest BCUT2D eigenvalue weighted by molar-refractivity contribution is 9.11. The minimum atomic E-state index is 0.509. The number of ether oxygens (including phenoxy) is 1. The number of aryl methyl sites for hydroxylation is 2. The maximum Gasteiger partial charge on any atom is 0.125 e. The molecule has 1 rings (SSSR count). The van der Waals surface area contributed by atoms with Crippen molar-refractivity contribution in [2.45, 2.75) is 33.7 Å². The molecule has 1 aromatic rings. The lowest BCUT2D eigenvalue weighted by Gasteiger charge is -2.14. The molecule has 1 aromatic carbocycles. The number of nitrogens with one attached hydrogen (secondary N) is 1. The summed E-state index contributed by atoms with van der Waals surface area (Å²) in [4.78, 5) is 0. The minimum absolute atomic E-state index is 0.509. The molecule has 0 aromatic heterocycles. The Morgan fingerprint density at radius 1 is 1.33 bits per heavy atom. The van der Waals surface area contributed by atoms with Crippen molar-refractivity contribution >= 4 is 15.9 Å². The largest absolute Gasteiger partial charge is 0.488 e. The Bertz CT molecular complexity index is 392. The summed E-state index contributed by atoms with van der Waals surface area (Å²) in [5, 5.41) is 3.41. The lowest BCUT2D eigenvalue weighted by atomic mass is 10.1. The van der Waals surface area contributed by atoms with Crippen LogP contribution in [-0.4, -0.2) is 13.2 Å². The van der Waals surface area contributed by atoms with Gasteiger partial charge in [-0.2, -0.15) is 0 Å². The first-order valence-electron chi connectivity index (χ1n) is 6.31. The van der Waals surface area contributed by atoms with Gasteiger partial charge in [0.25, 0.3) is 0 Å². The van der Waals surface area contributed by atoms with Crippen LogP contribution in [0.25, 0.3) is 0 Å². The Labute approximate surface area is 119 Å². The Balaban J connectivity index is 2.74. The monoisotopic (exact) mass is 311 g/mol. The molecule has 0 atom stereocenters. The van der Waals surface area contributed by atoms with E-state index in [1.165, 1.54) is 16.7 Å². The van der Waals surface area contributed by atoms with E-state index in [0.717, 1.165) is 29.7 Å². The molecule has 0 aliphatic carbocycles. The second-order valence-electron chi connectivity index (χ2n) is 4.54.